The molecule has 0 heterocycles. The molecular weight excluding hydrogens is 476 g/mol. The average Bonchev–Trinajstić information content (AvgIpc) is 3.01. The fourth-order valence-corrected chi connectivity index (χ4v) is 5.69. The molecule has 0 saturated carbocycles. The highest BCUT2D eigenvalue weighted by Crippen LogP contribution is 2.64. The molecule has 1 unspecified atom stereocenters. The standard InChI is InChI=1S/C37H30O2/c1-38-27-39-37(32-25-15-6-16-26-32)35(31-23-13-5-14-24-31)34(30-21-11-4-12-22-30)36(37)33(28-17-7-2-8-18-28)29-19-9-3-10-20-29/h2-26H,27H2,1H3. The van der Waals surface area contributed by atoms with E-state index >= 15 is 0 Å². The molecule has 0 N–H and O–H groups in total. The molecule has 2 nitrogen and oxygen atoms in total. The maximum Gasteiger partial charge on any atom is 0.149 e. The number of benzene rings is 5. The summed E-state index contributed by atoms with van der Waals surface area (Å²) in [5.41, 5.74) is 9.37. The lowest BCUT2D eigenvalue weighted by Crippen LogP contribution is -2.43. The third-order valence-corrected chi connectivity index (χ3v) is 7.28. The van der Waals surface area contributed by atoms with E-state index in [1.807, 2.05) is 0 Å². The average molecular weight is 507 g/mol. The molecule has 5 aromatic rings. The minimum Gasteiger partial charge on any atom is -0.359 e. The van der Waals surface area contributed by atoms with Crippen molar-refractivity contribution in [3.63, 3.8) is 0 Å². The van der Waals surface area contributed by atoms with Crippen LogP contribution in [0.1, 0.15) is 27.8 Å². The van der Waals surface area contributed by atoms with Crippen molar-refractivity contribution < 1.29 is 9.47 Å². The van der Waals surface area contributed by atoms with Crippen molar-refractivity contribution in [3.8, 4) is 0 Å². The molecule has 0 aromatic heterocycles. The van der Waals surface area contributed by atoms with Crippen LogP contribution < -0.4 is 0 Å². The van der Waals surface area contributed by atoms with Gasteiger partial charge in [-0.3, -0.25) is 0 Å². The van der Waals surface area contributed by atoms with Crippen LogP contribution in [-0.2, 0) is 15.1 Å². The fraction of sp³-hybridized carbons (Fsp3) is 0.0811. The van der Waals surface area contributed by atoms with Crippen molar-refractivity contribution in [1.82, 2.24) is 0 Å². The van der Waals surface area contributed by atoms with Gasteiger partial charge in [0.1, 0.15) is 12.4 Å². The summed E-state index contributed by atoms with van der Waals surface area (Å²) >= 11 is 0. The lowest BCUT2D eigenvalue weighted by molar-refractivity contribution is -0.0919. The summed E-state index contributed by atoms with van der Waals surface area (Å²) in [5.74, 6) is 0. The van der Waals surface area contributed by atoms with Crippen LogP contribution in [0.15, 0.2) is 157 Å². The summed E-state index contributed by atoms with van der Waals surface area (Å²) in [4.78, 5) is 0. The lowest BCUT2D eigenvalue weighted by Gasteiger charge is -2.50. The van der Waals surface area contributed by atoms with E-state index in [0.29, 0.717) is 0 Å². The highest BCUT2D eigenvalue weighted by molar-refractivity contribution is 6.18. The van der Waals surface area contributed by atoms with Crippen LogP contribution in [-0.4, -0.2) is 13.9 Å². The molecule has 190 valence electrons. The second kappa shape index (κ2) is 11.1. The molecule has 6 rings (SSSR count). The van der Waals surface area contributed by atoms with Crippen LogP contribution in [0.4, 0.5) is 0 Å². The number of ether oxygens (including phenoxy) is 2. The zero-order valence-electron chi connectivity index (χ0n) is 22.0. The molecule has 1 atom stereocenters. The smallest absolute Gasteiger partial charge is 0.149 e. The SMILES string of the molecule is COCOC1(c2ccccc2)C(=C(c2ccccc2)c2ccccc2)C(c2ccccc2)=C1c1ccccc1. The van der Waals surface area contributed by atoms with Crippen LogP contribution in [0, 0.1) is 0 Å². The molecule has 0 amide bonds. The normalized spacial score (nSPS) is 16.6. The molecule has 1 aliphatic rings. The number of hydrogen-bond acceptors (Lipinski definition) is 2. The van der Waals surface area contributed by atoms with Crippen molar-refractivity contribution in [1.29, 1.82) is 0 Å². The van der Waals surface area contributed by atoms with Crippen LogP contribution in [0.3, 0.4) is 0 Å². The Morgan fingerprint density at radius 1 is 0.538 bits per heavy atom. The largest absolute Gasteiger partial charge is 0.359 e. The first-order valence-corrected chi connectivity index (χ1v) is 13.2. The number of hydrogen-bond donors (Lipinski definition) is 0. The van der Waals surface area contributed by atoms with Gasteiger partial charge in [-0.25, -0.2) is 0 Å². The fourth-order valence-electron chi connectivity index (χ4n) is 5.69. The highest BCUT2D eigenvalue weighted by atomic mass is 16.7. The van der Waals surface area contributed by atoms with Crippen molar-refractivity contribution in [2.24, 2.45) is 0 Å². The van der Waals surface area contributed by atoms with Gasteiger partial charge in [-0.15, -0.1) is 0 Å². The van der Waals surface area contributed by atoms with Crippen LogP contribution in [0.25, 0.3) is 16.7 Å². The minimum absolute atomic E-state index is 0.146. The highest BCUT2D eigenvalue weighted by Gasteiger charge is 2.54. The molecule has 2 heteroatoms. The molecule has 0 saturated heterocycles. The Morgan fingerprint density at radius 3 is 1.46 bits per heavy atom. The van der Waals surface area contributed by atoms with E-state index in [2.05, 4.69) is 152 Å². The maximum atomic E-state index is 6.92. The van der Waals surface area contributed by atoms with Crippen molar-refractivity contribution in [2.45, 2.75) is 5.60 Å². The Kier molecular flexibility index (Phi) is 7.05. The first-order valence-electron chi connectivity index (χ1n) is 13.2. The Hall–Kier alpha value is -4.50. The zero-order chi connectivity index (χ0) is 26.5. The summed E-state index contributed by atoms with van der Waals surface area (Å²) in [6.07, 6.45) is 0. The van der Waals surface area contributed by atoms with Gasteiger partial charge in [0, 0.05) is 18.3 Å². The molecule has 1 aliphatic carbocycles. The molecule has 0 bridgehead atoms. The Labute approximate surface area is 230 Å². The van der Waals surface area contributed by atoms with E-state index < -0.39 is 5.60 Å². The molecule has 0 radical (unpaired) electrons. The summed E-state index contributed by atoms with van der Waals surface area (Å²) in [7, 11) is 1.68. The number of rotatable bonds is 8. The van der Waals surface area contributed by atoms with Gasteiger partial charge >= 0.3 is 0 Å². The second-order valence-electron chi connectivity index (χ2n) is 9.56. The first kappa shape index (κ1) is 24.8. The molecule has 39 heavy (non-hydrogen) atoms. The molecule has 0 spiro atoms. The van der Waals surface area contributed by atoms with Gasteiger partial charge < -0.3 is 9.47 Å². The summed E-state index contributed by atoms with van der Waals surface area (Å²) < 4.78 is 12.5. The van der Waals surface area contributed by atoms with E-state index in [1.54, 1.807) is 7.11 Å². The van der Waals surface area contributed by atoms with E-state index in [9.17, 15) is 0 Å². The number of methoxy groups -OCH3 is 1. The summed E-state index contributed by atoms with van der Waals surface area (Å²) in [5, 5.41) is 0. The van der Waals surface area contributed by atoms with Gasteiger partial charge in [-0.05, 0) is 39.0 Å². The van der Waals surface area contributed by atoms with Gasteiger partial charge in [0.05, 0.1) is 0 Å². The quantitative estimate of drug-likeness (QED) is 0.196. The topological polar surface area (TPSA) is 18.5 Å². The Bertz CT molecular complexity index is 1550. The monoisotopic (exact) mass is 506 g/mol. The lowest BCUT2D eigenvalue weighted by atomic mass is 9.58. The van der Waals surface area contributed by atoms with Crippen LogP contribution in [0.2, 0.25) is 0 Å². The predicted octanol–water partition coefficient (Wildman–Crippen LogP) is 8.63. The Balaban J connectivity index is 1.82. The van der Waals surface area contributed by atoms with Gasteiger partial charge in [-0.1, -0.05) is 152 Å². The first-order chi connectivity index (χ1) is 19.3. The van der Waals surface area contributed by atoms with Gasteiger partial charge in [0.15, 0.2) is 0 Å². The Morgan fingerprint density at radius 2 is 0.974 bits per heavy atom. The van der Waals surface area contributed by atoms with Gasteiger partial charge in [-0.2, -0.15) is 0 Å². The van der Waals surface area contributed by atoms with E-state index in [-0.39, 0.29) is 6.79 Å². The van der Waals surface area contributed by atoms with E-state index in [1.165, 1.54) is 5.57 Å². The third kappa shape index (κ3) is 4.44. The van der Waals surface area contributed by atoms with Crippen molar-refractivity contribution in [2.75, 3.05) is 13.9 Å². The predicted molar refractivity (Wildman–Crippen MR) is 160 cm³/mol. The van der Waals surface area contributed by atoms with E-state index in [4.69, 9.17) is 9.47 Å². The summed E-state index contributed by atoms with van der Waals surface area (Å²) in [6, 6.07) is 53.0. The molecule has 0 aliphatic heterocycles. The van der Waals surface area contributed by atoms with Crippen LogP contribution >= 0.6 is 0 Å². The minimum atomic E-state index is -0.856. The molecule has 5 aromatic carbocycles. The zero-order valence-corrected chi connectivity index (χ0v) is 22.0. The van der Waals surface area contributed by atoms with Gasteiger partial charge in [0.2, 0.25) is 0 Å². The summed E-state index contributed by atoms with van der Waals surface area (Å²) in [6.45, 7) is 0.146. The third-order valence-electron chi connectivity index (χ3n) is 7.28. The van der Waals surface area contributed by atoms with Crippen molar-refractivity contribution in [3.05, 3.63) is 185 Å². The van der Waals surface area contributed by atoms with Crippen LogP contribution in [0.5, 0.6) is 0 Å². The van der Waals surface area contributed by atoms with Gasteiger partial charge in [0.25, 0.3) is 0 Å². The molecular formula is C37H30O2. The maximum absolute atomic E-state index is 6.92. The van der Waals surface area contributed by atoms with Crippen molar-refractivity contribution >= 4 is 16.7 Å². The van der Waals surface area contributed by atoms with E-state index in [0.717, 1.165) is 44.5 Å². The second-order valence-corrected chi connectivity index (χ2v) is 9.56. The molecule has 0 fully saturated rings.